The van der Waals surface area contributed by atoms with Crippen molar-refractivity contribution in [1.29, 1.82) is 0 Å². The number of aromatic nitrogens is 2. The Labute approximate surface area is 162 Å². The van der Waals surface area contributed by atoms with E-state index in [1.807, 2.05) is 60.5 Å². The van der Waals surface area contributed by atoms with E-state index in [4.69, 9.17) is 21.4 Å². The topological polar surface area (TPSA) is 67.6 Å². The molecule has 0 atom stereocenters. The number of rotatable bonds is 9. The standard InChI is InChI=1S/C20H22ClN3O3/c1-23(13-11-19(25)26)12-4-14-27-16-9-7-15(8-10-16)24-20(21)17-5-2-3-6-18(17)22-24/h2-3,5-10H,4,11-14H2,1H3,(H,25,26). The Kier molecular flexibility index (Phi) is 6.32. The van der Waals surface area contributed by atoms with Crippen LogP contribution in [0.25, 0.3) is 16.6 Å². The van der Waals surface area contributed by atoms with E-state index >= 15 is 0 Å². The van der Waals surface area contributed by atoms with Gasteiger partial charge in [-0.1, -0.05) is 23.7 Å². The molecule has 3 rings (SSSR count). The summed E-state index contributed by atoms with van der Waals surface area (Å²) in [6.07, 6.45) is 0.984. The summed E-state index contributed by atoms with van der Waals surface area (Å²) < 4.78 is 7.47. The third kappa shape index (κ3) is 4.99. The van der Waals surface area contributed by atoms with Crippen LogP contribution < -0.4 is 4.74 Å². The first-order chi connectivity index (χ1) is 13.0. The second-order valence-corrected chi connectivity index (χ2v) is 6.72. The molecule has 1 N–H and O–H groups in total. The summed E-state index contributed by atoms with van der Waals surface area (Å²) in [7, 11) is 1.91. The monoisotopic (exact) mass is 387 g/mol. The molecular formula is C20H22ClN3O3. The maximum Gasteiger partial charge on any atom is 0.304 e. The molecule has 142 valence electrons. The van der Waals surface area contributed by atoms with E-state index < -0.39 is 5.97 Å². The van der Waals surface area contributed by atoms with Crippen molar-refractivity contribution in [2.75, 3.05) is 26.7 Å². The van der Waals surface area contributed by atoms with Crippen molar-refractivity contribution in [2.45, 2.75) is 12.8 Å². The van der Waals surface area contributed by atoms with Crippen LogP contribution in [0.15, 0.2) is 48.5 Å². The SMILES string of the molecule is CN(CCCOc1ccc(-n2nc3ccccc3c2Cl)cc1)CCC(=O)O. The van der Waals surface area contributed by atoms with E-state index in [9.17, 15) is 4.79 Å². The summed E-state index contributed by atoms with van der Waals surface area (Å²) in [6, 6.07) is 15.4. The first kappa shape index (κ1) is 19.2. The zero-order chi connectivity index (χ0) is 19.2. The van der Waals surface area contributed by atoms with Crippen LogP contribution in [0.2, 0.25) is 5.15 Å². The average Bonchev–Trinajstić information content (AvgIpc) is 3.01. The first-order valence-corrected chi connectivity index (χ1v) is 9.19. The second-order valence-electron chi connectivity index (χ2n) is 6.36. The van der Waals surface area contributed by atoms with Gasteiger partial charge in [0.15, 0.2) is 0 Å². The van der Waals surface area contributed by atoms with Gasteiger partial charge in [-0.05, 0) is 49.9 Å². The Morgan fingerprint density at radius 2 is 1.93 bits per heavy atom. The Morgan fingerprint density at radius 3 is 2.63 bits per heavy atom. The van der Waals surface area contributed by atoms with Gasteiger partial charge in [0.25, 0.3) is 0 Å². The number of ether oxygens (including phenoxy) is 1. The van der Waals surface area contributed by atoms with Crippen LogP contribution in [-0.4, -0.2) is 52.5 Å². The summed E-state index contributed by atoms with van der Waals surface area (Å²) in [5, 5.41) is 14.7. The lowest BCUT2D eigenvalue weighted by atomic mass is 10.2. The van der Waals surface area contributed by atoms with Crippen LogP contribution in [0.5, 0.6) is 5.75 Å². The molecule has 0 amide bonds. The van der Waals surface area contributed by atoms with Crippen molar-refractivity contribution in [2.24, 2.45) is 0 Å². The van der Waals surface area contributed by atoms with Gasteiger partial charge in [-0.15, -0.1) is 0 Å². The van der Waals surface area contributed by atoms with Crippen molar-refractivity contribution in [3.05, 3.63) is 53.7 Å². The normalized spacial score (nSPS) is 11.2. The third-order valence-corrected chi connectivity index (χ3v) is 4.63. The van der Waals surface area contributed by atoms with Crippen LogP contribution in [0.4, 0.5) is 0 Å². The smallest absolute Gasteiger partial charge is 0.304 e. The molecule has 0 unspecified atom stereocenters. The van der Waals surface area contributed by atoms with Gasteiger partial charge in [0.2, 0.25) is 0 Å². The lowest BCUT2D eigenvalue weighted by Crippen LogP contribution is -2.24. The number of nitrogens with zero attached hydrogens (tertiary/aromatic N) is 3. The predicted octanol–water partition coefficient (Wildman–Crippen LogP) is 3.85. The number of carbonyl (C=O) groups is 1. The fourth-order valence-corrected chi connectivity index (χ4v) is 3.07. The van der Waals surface area contributed by atoms with Crippen LogP contribution in [0, 0.1) is 0 Å². The number of fused-ring (bicyclic) bond motifs is 1. The van der Waals surface area contributed by atoms with Gasteiger partial charge in [-0.25, -0.2) is 4.68 Å². The van der Waals surface area contributed by atoms with E-state index in [0.717, 1.165) is 35.3 Å². The molecule has 3 aromatic rings. The van der Waals surface area contributed by atoms with E-state index in [1.54, 1.807) is 4.68 Å². The maximum absolute atomic E-state index is 10.6. The van der Waals surface area contributed by atoms with Crippen LogP contribution >= 0.6 is 11.6 Å². The summed E-state index contributed by atoms with van der Waals surface area (Å²) in [5.74, 6) is 0.00291. The van der Waals surface area contributed by atoms with Crippen LogP contribution in [-0.2, 0) is 4.79 Å². The van der Waals surface area contributed by atoms with Crippen LogP contribution in [0.3, 0.4) is 0 Å². The van der Waals surface area contributed by atoms with Gasteiger partial charge in [0, 0.05) is 18.5 Å². The van der Waals surface area contributed by atoms with Crippen molar-refractivity contribution in [3.63, 3.8) is 0 Å². The van der Waals surface area contributed by atoms with Gasteiger partial charge in [-0.2, -0.15) is 5.10 Å². The minimum atomic E-state index is -0.775. The number of halogens is 1. The Balaban J connectivity index is 1.53. The van der Waals surface area contributed by atoms with Crippen molar-refractivity contribution < 1.29 is 14.6 Å². The molecular weight excluding hydrogens is 366 g/mol. The number of carboxylic acid groups (broad SMARTS) is 1. The maximum atomic E-state index is 10.6. The summed E-state index contributed by atoms with van der Waals surface area (Å²) in [5.41, 5.74) is 1.73. The number of carboxylic acids is 1. The summed E-state index contributed by atoms with van der Waals surface area (Å²) in [6.45, 7) is 1.91. The minimum absolute atomic E-state index is 0.157. The summed E-state index contributed by atoms with van der Waals surface area (Å²) >= 11 is 6.44. The van der Waals surface area contributed by atoms with Gasteiger partial charge in [0.1, 0.15) is 10.9 Å². The highest BCUT2D eigenvalue weighted by atomic mass is 35.5. The van der Waals surface area contributed by atoms with Gasteiger partial charge in [-0.3, -0.25) is 4.79 Å². The zero-order valence-corrected chi connectivity index (χ0v) is 15.9. The molecule has 27 heavy (non-hydrogen) atoms. The van der Waals surface area contributed by atoms with Crippen molar-refractivity contribution in [1.82, 2.24) is 14.7 Å². The molecule has 0 radical (unpaired) electrons. The van der Waals surface area contributed by atoms with Gasteiger partial charge >= 0.3 is 5.97 Å². The molecule has 0 saturated carbocycles. The Bertz CT molecular complexity index is 908. The van der Waals surface area contributed by atoms with Gasteiger partial charge in [0.05, 0.1) is 24.2 Å². The fraction of sp³-hybridized carbons (Fsp3) is 0.300. The number of aliphatic carboxylic acids is 1. The molecule has 0 aliphatic carbocycles. The molecule has 7 heteroatoms. The Hall–Kier alpha value is -2.57. The predicted molar refractivity (Wildman–Crippen MR) is 106 cm³/mol. The molecule has 1 heterocycles. The lowest BCUT2D eigenvalue weighted by molar-refractivity contribution is -0.137. The lowest BCUT2D eigenvalue weighted by Gasteiger charge is -2.15. The van der Waals surface area contributed by atoms with E-state index in [2.05, 4.69) is 5.10 Å². The molecule has 0 saturated heterocycles. The second kappa shape index (κ2) is 8.88. The molecule has 1 aromatic heterocycles. The average molecular weight is 388 g/mol. The quantitative estimate of drug-likeness (QED) is 0.565. The van der Waals surface area contributed by atoms with E-state index in [0.29, 0.717) is 18.3 Å². The molecule has 0 fully saturated rings. The summed E-state index contributed by atoms with van der Waals surface area (Å²) in [4.78, 5) is 12.5. The number of hydrogen-bond acceptors (Lipinski definition) is 4. The third-order valence-electron chi connectivity index (χ3n) is 4.26. The zero-order valence-electron chi connectivity index (χ0n) is 15.1. The highest BCUT2D eigenvalue weighted by Crippen LogP contribution is 2.26. The van der Waals surface area contributed by atoms with Crippen molar-refractivity contribution >= 4 is 28.5 Å². The molecule has 6 nitrogen and oxygen atoms in total. The number of benzene rings is 2. The molecule has 2 aromatic carbocycles. The molecule has 0 bridgehead atoms. The van der Waals surface area contributed by atoms with E-state index in [-0.39, 0.29) is 6.42 Å². The minimum Gasteiger partial charge on any atom is -0.494 e. The molecule has 0 aliphatic heterocycles. The highest BCUT2D eigenvalue weighted by molar-refractivity contribution is 6.34. The van der Waals surface area contributed by atoms with E-state index in [1.165, 1.54) is 0 Å². The van der Waals surface area contributed by atoms with Crippen LogP contribution in [0.1, 0.15) is 12.8 Å². The highest BCUT2D eigenvalue weighted by Gasteiger charge is 2.10. The largest absolute Gasteiger partial charge is 0.494 e. The fourth-order valence-electron chi connectivity index (χ4n) is 2.78. The molecule has 0 spiro atoms. The van der Waals surface area contributed by atoms with Crippen molar-refractivity contribution in [3.8, 4) is 11.4 Å². The Morgan fingerprint density at radius 1 is 1.19 bits per heavy atom. The number of hydrogen-bond donors (Lipinski definition) is 1. The van der Waals surface area contributed by atoms with Gasteiger partial charge < -0.3 is 14.7 Å². The molecule has 0 aliphatic rings. The first-order valence-electron chi connectivity index (χ1n) is 8.81.